The van der Waals surface area contributed by atoms with Crippen LogP contribution in [0, 0.1) is 0 Å². The Morgan fingerprint density at radius 2 is 1.86 bits per heavy atom. The second-order valence-corrected chi connectivity index (χ2v) is 4.87. The van der Waals surface area contributed by atoms with Gasteiger partial charge in [0, 0.05) is 24.2 Å². The highest BCUT2D eigenvalue weighted by atomic mass is 16.4. The van der Waals surface area contributed by atoms with Gasteiger partial charge in [-0.05, 0) is 30.7 Å². The van der Waals surface area contributed by atoms with Crippen LogP contribution in [0.15, 0.2) is 24.3 Å². The first-order chi connectivity index (χ1) is 10.4. The lowest BCUT2D eigenvalue weighted by atomic mass is 10.1. The van der Waals surface area contributed by atoms with Gasteiger partial charge >= 0.3 is 5.97 Å². The van der Waals surface area contributed by atoms with Crippen molar-refractivity contribution in [3.05, 3.63) is 29.8 Å². The van der Waals surface area contributed by atoms with Crippen molar-refractivity contribution < 1.29 is 19.5 Å². The SMILES string of the molecule is CCCC(NCCC(=O)Nc1ccc(C(N)=O)cc1)C(=O)O. The number of amides is 2. The molecular formula is C15H21N3O4. The molecule has 0 radical (unpaired) electrons. The standard InChI is InChI=1S/C15H21N3O4/c1-2-3-12(15(21)22)17-9-8-13(19)18-11-6-4-10(5-7-11)14(16)20/h4-7,12,17H,2-3,8-9H2,1H3,(H2,16,20)(H,18,19)(H,21,22). The van der Waals surface area contributed by atoms with Crippen molar-refractivity contribution in [2.75, 3.05) is 11.9 Å². The van der Waals surface area contributed by atoms with Crippen LogP contribution < -0.4 is 16.4 Å². The molecule has 0 heterocycles. The molecule has 0 aliphatic rings. The molecule has 0 aliphatic heterocycles. The van der Waals surface area contributed by atoms with Crippen LogP contribution in [-0.4, -0.2) is 35.5 Å². The number of nitrogens with one attached hydrogen (secondary N) is 2. The molecule has 120 valence electrons. The summed E-state index contributed by atoms with van der Waals surface area (Å²) in [5, 5.41) is 14.5. The van der Waals surface area contributed by atoms with Crippen molar-refractivity contribution in [2.45, 2.75) is 32.2 Å². The Labute approximate surface area is 128 Å². The minimum Gasteiger partial charge on any atom is -0.480 e. The van der Waals surface area contributed by atoms with Gasteiger partial charge < -0.3 is 21.5 Å². The Bertz CT molecular complexity index is 528. The molecule has 22 heavy (non-hydrogen) atoms. The van der Waals surface area contributed by atoms with Crippen molar-refractivity contribution in [1.82, 2.24) is 5.32 Å². The Hall–Kier alpha value is -2.41. The third kappa shape index (κ3) is 5.92. The molecule has 5 N–H and O–H groups in total. The van der Waals surface area contributed by atoms with Crippen molar-refractivity contribution in [3.63, 3.8) is 0 Å². The first-order valence-corrected chi connectivity index (χ1v) is 7.10. The highest BCUT2D eigenvalue weighted by molar-refractivity contribution is 5.94. The number of carbonyl (C=O) groups is 3. The van der Waals surface area contributed by atoms with E-state index in [4.69, 9.17) is 10.8 Å². The summed E-state index contributed by atoms with van der Waals surface area (Å²) in [6.45, 7) is 2.18. The quantitative estimate of drug-likeness (QED) is 0.541. The number of hydrogen-bond donors (Lipinski definition) is 4. The smallest absolute Gasteiger partial charge is 0.320 e. The van der Waals surface area contributed by atoms with Crippen LogP contribution in [-0.2, 0) is 9.59 Å². The summed E-state index contributed by atoms with van der Waals surface area (Å²) in [4.78, 5) is 33.6. The summed E-state index contributed by atoms with van der Waals surface area (Å²) in [7, 11) is 0. The van der Waals surface area contributed by atoms with E-state index in [-0.39, 0.29) is 18.9 Å². The fourth-order valence-corrected chi connectivity index (χ4v) is 1.90. The summed E-state index contributed by atoms with van der Waals surface area (Å²) in [5.74, 6) is -1.68. The Balaban J connectivity index is 2.39. The van der Waals surface area contributed by atoms with Gasteiger partial charge in [-0.25, -0.2) is 0 Å². The number of rotatable bonds is 9. The van der Waals surface area contributed by atoms with E-state index in [2.05, 4.69) is 10.6 Å². The molecule has 1 aromatic rings. The molecule has 7 heteroatoms. The fourth-order valence-electron chi connectivity index (χ4n) is 1.90. The van der Waals surface area contributed by atoms with Gasteiger partial charge in [-0.3, -0.25) is 14.4 Å². The van der Waals surface area contributed by atoms with Crippen molar-refractivity contribution in [3.8, 4) is 0 Å². The molecule has 1 unspecified atom stereocenters. The fraction of sp³-hybridized carbons (Fsp3) is 0.400. The largest absolute Gasteiger partial charge is 0.480 e. The Morgan fingerprint density at radius 3 is 2.36 bits per heavy atom. The van der Waals surface area contributed by atoms with Gasteiger partial charge in [-0.2, -0.15) is 0 Å². The molecule has 0 saturated carbocycles. The van der Waals surface area contributed by atoms with Gasteiger partial charge in [0.1, 0.15) is 6.04 Å². The monoisotopic (exact) mass is 307 g/mol. The normalized spacial score (nSPS) is 11.7. The number of carbonyl (C=O) groups excluding carboxylic acids is 2. The number of benzene rings is 1. The molecule has 1 rings (SSSR count). The van der Waals surface area contributed by atoms with Crippen LogP contribution in [0.5, 0.6) is 0 Å². The van der Waals surface area contributed by atoms with E-state index in [9.17, 15) is 14.4 Å². The predicted octanol–water partition coefficient (Wildman–Crippen LogP) is 0.957. The van der Waals surface area contributed by atoms with Gasteiger partial charge in [0.05, 0.1) is 0 Å². The van der Waals surface area contributed by atoms with E-state index in [1.807, 2.05) is 6.92 Å². The van der Waals surface area contributed by atoms with E-state index < -0.39 is 17.9 Å². The summed E-state index contributed by atoms with van der Waals surface area (Å²) in [5.41, 5.74) is 6.04. The highest BCUT2D eigenvalue weighted by Crippen LogP contribution is 2.09. The minimum absolute atomic E-state index is 0.158. The molecule has 0 aliphatic carbocycles. The van der Waals surface area contributed by atoms with Gasteiger partial charge in [0.15, 0.2) is 0 Å². The maximum absolute atomic E-state index is 11.8. The molecule has 2 amide bonds. The summed E-state index contributed by atoms with van der Waals surface area (Å²) < 4.78 is 0. The maximum Gasteiger partial charge on any atom is 0.320 e. The van der Waals surface area contributed by atoms with Gasteiger partial charge in [0.25, 0.3) is 0 Å². The van der Waals surface area contributed by atoms with Crippen LogP contribution >= 0.6 is 0 Å². The van der Waals surface area contributed by atoms with Crippen LogP contribution in [0.1, 0.15) is 36.5 Å². The number of carboxylic acid groups (broad SMARTS) is 1. The predicted molar refractivity (Wildman–Crippen MR) is 82.5 cm³/mol. The minimum atomic E-state index is -0.913. The molecule has 7 nitrogen and oxygen atoms in total. The second kappa shape index (κ2) is 8.78. The zero-order valence-corrected chi connectivity index (χ0v) is 12.5. The van der Waals surface area contributed by atoms with E-state index in [0.29, 0.717) is 17.7 Å². The van der Waals surface area contributed by atoms with E-state index in [0.717, 1.165) is 6.42 Å². The van der Waals surface area contributed by atoms with E-state index >= 15 is 0 Å². The third-order valence-electron chi connectivity index (χ3n) is 3.07. The van der Waals surface area contributed by atoms with Gasteiger partial charge in [-0.1, -0.05) is 13.3 Å². The lowest BCUT2D eigenvalue weighted by molar-refractivity contribution is -0.139. The van der Waals surface area contributed by atoms with Crippen LogP contribution in [0.4, 0.5) is 5.69 Å². The number of aliphatic carboxylic acids is 1. The zero-order chi connectivity index (χ0) is 16.5. The summed E-state index contributed by atoms with van der Waals surface area (Å²) in [6, 6.07) is 5.59. The topological polar surface area (TPSA) is 122 Å². The Kier molecular flexibility index (Phi) is 7.04. The third-order valence-corrected chi connectivity index (χ3v) is 3.07. The summed E-state index contributed by atoms with van der Waals surface area (Å²) >= 11 is 0. The second-order valence-electron chi connectivity index (χ2n) is 4.87. The number of carboxylic acids is 1. The molecule has 1 aromatic carbocycles. The Morgan fingerprint density at radius 1 is 1.23 bits per heavy atom. The van der Waals surface area contributed by atoms with Crippen LogP contribution in [0.25, 0.3) is 0 Å². The average Bonchev–Trinajstić information content (AvgIpc) is 2.46. The van der Waals surface area contributed by atoms with Crippen molar-refractivity contribution in [1.29, 1.82) is 0 Å². The number of primary amides is 1. The molecule has 0 spiro atoms. The number of hydrogen-bond acceptors (Lipinski definition) is 4. The first kappa shape index (κ1) is 17.6. The van der Waals surface area contributed by atoms with E-state index in [1.165, 1.54) is 12.1 Å². The van der Waals surface area contributed by atoms with Crippen LogP contribution in [0.3, 0.4) is 0 Å². The molecule has 0 aromatic heterocycles. The highest BCUT2D eigenvalue weighted by Gasteiger charge is 2.15. The lowest BCUT2D eigenvalue weighted by Crippen LogP contribution is -2.38. The summed E-state index contributed by atoms with van der Waals surface area (Å²) in [6.07, 6.45) is 1.43. The van der Waals surface area contributed by atoms with Gasteiger partial charge in [-0.15, -0.1) is 0 Å². The van der Waals surface area contributed by atoms with Crippen molar-refractivity contribution >= 4 is 23.5 Å². The van der Waals surface area contributed by atoms with Crippen molar-refractivity contribution in [2.24, 2.45) is 5.73 Å². The number of nitrogens with two attached hydrogens (primary N) is 1. The lowest BCUT2D eigenvalue weighted by Gasteiger charge is -2.13. The van der Waals surface area contributed by atoms with Gasteiger partial charge in [0.2, 0.25) is 11.8 Å². The average molecular weight is 307 g/mol. The first-order valence-electron chi connectivity index (χ1n) is 7.10. The molecule has 0 bridgehead atoms. The maximum atomic E-state index is 11.8. The van der Waals surface area contributed by atoms with Crippen LogP contribution in [0.2, 0.25) is 0 Å². The molecule has 0 saturated heterocycles. The number of anilines is 1. The van der Waals surface area contributed by atoms with E-state index in [1.54, 1.807) is 12.1 Å². The molecular weight excluding hydrogens is 286 g/mol. The molecule has 0 fully saturated rings. The molecule has 1 atom stereocenters. The zero-order valence-electron chi connectivity index (χ0n) is 12.5.